The molecule has 1 aromatic carbocycles. The third-order valence-corrected chi connectivity index (χ3v) is 4.68. The molecule has 2 fully saturated rings. The second-order valence-electron chi connectivity index (χ2n) is 6.72. The Morgan fingerprint density at radius 2 is 2.27 bits per heavy atom. The Morgan fingerprint density at radius 3 is 3.04 bits per heavy atom. The van der Waals surface area contributed by atoms with Gasteiger partial charge in [0.25, 0.3) is 0 Å². The Hall–Kier alpha value is -2.19. The summed E-state index contributed by atoms with van der Waals surface area (Å²) < 4.78 is 18.5. The molecular weight excluding hydrogens is 339 g/mol. The number of anilines is 1. The molecule has 3 N–H and O–H groups in total. The van der Waals surface area contributed by atoms with E-state index in [0.29, 0.717) is 38.5 Å². The largest absolute Gasteiger partial charge is 0.378 e. The zero-order chi connectivity index (χ0) is 18.4. The summed E-state index contributed by atoms with van der Waals surface area (Å²) in [7, 11) is 0. The van der Waals surface area contributed by atoms with Crippen molar-refractivity contribution >= 4 is 17.6 Å². The van der Waals surface area contributed by atoms with Gasteiger partial charge >= 0.3 is 6.03 Å². The summed E-state index contributed by atoms with van der Waals surface area (Å²) in [6.07, 6.45) is 1.87. The maximum absolute atomic E-state index is 13.1. The lowest BCUT2D eigenvalue weighted by atomic mass is 9.97. The lowest BCUT2D eigenvalue weighted by molar-refractivity contribution is -0.138. The van der Waals surface area contributed by atoms with E-state index in [2.05, 4.69) is 16.0 Å². The maximum atomic E-state index is 13.1. The fourth-order valence-corrected chi connectivity index (χ4v) is 3.35. The second kappa shape index (κ2) is 8.95. The minimum Gasteiger partial charge on any atom is -0.378 e. The average molecular weight is 364 g/mol. The van der Waals surface area contributed by atoms with Crippen molar-refractivity contribution in [2.75, 3.05) is 44.7 Å². The van der Waals surface area contributed by atoms with E-state index >= 15 is 0 Å². The van der Waals surface area contributed by atoms with E-state index in [1.165, 1.54) is 12.1 Å². The minimum absolute atomic E-state index is 0.0682. The molecule has 0 aromatic heterocycles. The summed E-state index contributed by atoms with van der Waals surface area (Å²) in [4.78, 5) is 26.4. The molecule has 8 heteroatoms. The van der Waals surface area contributed by atoms with Crippen molar-refractivity contribution < 1.29 is 18.7 Å². The first-order chi connectivity index (χ1) is 12.6. The fraction of sp³-hybridized carbons (Fsp3) is 0.556. The Bertz CT molecular complexity index is 637. The van der Waals surface area contributed by atoms with Crippen LogP contribution < -0.4 is 16.0 Å². The van der Waals surface area contributed by atoms with Gasteiger partial charge in [-0.3, -0.25) is 4.79 Å². The van der Waals surface area contributed by atoms with Crippen molar-refractivity contribution in [3.8, 4) is 0 Å². The number of piperidine rings is 1. The number of rotatable bonds is 4. The standard InChI is InChI=1S/C18H25FN4O3/c19-14-4-1-5-15(9-14)22-18(25)21-10-13-3-2-7-23(11-13)17(24)16-12-26-8-6-20-16/h1,4-5,9,13,16,20H,2-3,6-8,10-12H2,(H2,21,22,25). The molecule has 2 aliphatic rings. The van der Waals surface area contributed by atoms with Crippen LogP contribution in [0.2, 0.25) is 0 Å². The molecule has 7 nitrogen and oxygen atoms in total. The molecule has 1 aromatic rings. The quantitative estimate of drug-likeness (QED) is 0.749. The van der Waals surface area contributed by atoms with Gasteiger partial charge in [0.1, 0.15) is 11.9 Å². The van der Waals surface area contributed by atoms with Crippen LogP contribution in [0.15, 0.2) is 24.3 Å². The van der Waals surface area contributed by atoms with E-state index in [0.717, 1.165) is 19.4 Å². The number of nitrogens with one attached hydrogen (secondary N) is 3. The molecule has 2 saturated heterocycles. The zero-order valence-corrected chi connectivity index (χ0v) is 14.7. The number of carbonyl (C=O) groups excluding carboxylic acids is 2. The van der Waals surface area contributed by atoms with Gasteiger partial charge in [-0.2, -0.15) is 0 Å². The van der Waals surface area contributed by atoms with Crippen molar-refractivity contribution in [3.05, 3.63) is 30.1 Å². The smallest absolute Gasteiger partial charge is 0.319 e. The number of morpholine rings is 1. The number of carbonyl (C=O) groups is 2. The van der Waals surface area contributed by atoms with E-state index in [1.54, 1.807) is 12.1 Å². The van der Waals surface area contributed by atoms with Gasteiger partial charge in [0, 0.05) is 31.9 Å². The van der Waals surface area contributed by atoms with Crippen molar-refractivity contribution in [1.29, 1.82) is 0 Å². The van der Waals surface area contributed by atoms with Crippen LogP contribution in [0.4, 0.5) is 14.9 Å². The number of hydrogen-bond acceptors (Lipinski definition) is 4. The molecule has 26 heavy (non-hydrogen) atoms. The normalized spacial score (nSPS) is 23.3. The van der Waals surface area contributed by atoms with Gasteiger partial charge in [-0.1, -0.05) is 6.07 Å². The van der Waals surface area contributed by atoms with Crippen LogP contribution in [0.1, 0.15) is 12.8 Å². The average Bonchev–Trinajstić information content (AvgIpc) is 2.67. The van der Waals surface area contributed by atoms with Crippen LogP contribution in [0, 0.1) is 11.7 Å². The number of nitrogens with zero attached hydrogens (tertiary/aromatic N) is 1. The van der Waals surface area contributed by atoms with Gasteiger partial charge < -0.3 is 25.6 Å². The number of ether oxygens (including phenoxy) is 1. The molecule has 0 bridgehead atoms. The van der Waals surface area contributed by atoms with E-state index in [4.69, 9.17) is 4.74 Å². The van der Waals surface area contributed by atoms with Crippen LogP contribution >= 0.6 is 0 Å². The van der Waals surface area contributed by atoms with E-state index < -0.39 is 5.82 Å². The number of likely N-dealkylation sites (tertiary alicyclic amines) is 1. The SMILES string of the molecule is O=C(NCC1CCCN(C(=O)C2COCCN2)C1)Nc1cccc(F)c1. The van der Waals surface area contributed by atoms with Crippen LogP contribution in [0.25, 0.3) is 0 Å². The summed E-state index contributed by atoms with van der Waals surface area (Å²) >= 11 is 0. The van der Waals surface area contributed by atoms with Gasteiger partial charge in [-0.05, 0) is 37.0 Å². The van der Waals surface area contributed by atoms with Crippen molar-refractivity contribution in [3.63, 3.8) is 0 Å². The Morgan fingerprint density at radius 1 is 1.38 bits per heavy atom. The number of urea groups is 1. The highest BCUT2D eigenvalue weighted by molar-refractivity contribution is 5.89. The highest BCUT2D eigenvalue weighted by Gasteiger charge is 2.30. The Balaban J connectivity index is 1.44. The monoisotopic (exact) mass is 364 g/mol. The lowest BCUT2D eigenvalue weighted by Crippen LogP contribution is -2.55. The van der Waals surface area contributed by atoms with Gasteiger partial charge in [0.2, 0.25) is 5.91 Å². The van der Waals surface area contributed by atoms with Gasteiger partial charge in [0.15, 0.2) is 0 Å². The van der Waals surface area contributed by atoms with Crippen molar-refractivity contribution in [2.24, 2.45) is 5.92 Å². The third-order valence-electron chi connectivity index (χ3n) is 4.68. The molecule has 2 heterocycles. The molecule has 0 aliphatic carbocycles. The lowest BCUT2D eigenvalue weighted by Gasteiger charge is -2.36. The fourth-order valence-electron chi connectivity index (χ4n) is 3.35. The van der Waals surface area contributed by atoms with Crippen LogP contribution in [0.5, 0.6) is 0 Å². The van der Waals surface area contributed by atoms with E-state index in [1.807, 2.05) is 4.90 Å². The molecule has 2 unspecified atom stereocenters. The van der Waals surface area contributed by atoms with Crippen molar-refractivity contribution in [1.82, 2.24) is 15.5 Å². The molecule has 0 saturated carbocycles. The summed E-state index contributed by atoms with van der Waals surface area (Å²) in [6, 6.07) is 5.11. The third kappa shape index (κ3) is 5.15. The van der Waals surface area contributed by atoms with Gasteiger partial charge in [-0.25, -0.2) is 9.18 Å². The molecule has 3 amide bonds. The highest BCUT2D eigenvalue weighted by Crippen LogP contribution is 2.17. The maximum Gasteiger partial charge on any atom is 0.319 e. The Kier molecular flexibility index (Phi) is 6.40. The number of hydrogen-bond donors (Lipinski definition) is 3. The van der Waals surface area contributed by atoms with E-state index in [9.17, 15) is 14.0 Å². The molecule has 0 radical (unpaired) electrons. The van der Waals surface area contributed by atoms with Crippen LogP contribution in [-0.4, -0.2) is 62.3 Å². The molecule has 142 valence electrons. The van der Waals surface area contributed by atoms with Gasteiger partial charge in [-0.15, -0.1) is 0 Å². The summed E-state index contributed by atoms with van der Waals surface area (Å²) in [5.41, 5.74) is 0.409. The Labute approximate surface area is 152 Å². The van der Waals surface area contributed by atoms with E-state index in [-0.39, 0.29) is 23.9 Å². The highest BCUT2D eigenvalue weighted by atomic mass is 19.1. The van der Waals surface area contributed by atoms with Gasteiger partial charge in [0.05, 0.1) is 13.2 Å². The first-order valence-corrected chi connectivity index (χ1v) is 9.02. The molecule has 3 rings (SSSR count). The summed E-state index contributed by atoms with van der Waals surface area (Å²) in [5, 5.41) is 8.61. The minimum atomic E-state index is -0.399. The predicted molar refractivity (Wildman–Crippen MR) is 95.3 cm³/mol. The molecular formula is C18H25FN4O3. The van der Waals surface area contributed by atoms with Crippen LogP contribution in [0.3, 0.4) is 0 Å². The van der Waals surface area contributed by atoms with Crippen molar-refractivity contribution in [2.45, 2.75) is 18.9 Å². The second-order valence-corrected chi connectivity index (χ2v) is 6.72. The topological polar surface area (TPSA) is 82.7 Å². The summed E-state index contributed by atoms with van der Waals surface area (Å²) in [5.74, 6) is -0.126. The first-order valence-electron chi connectivity index (χ1n) is 9.02. The number of halogens is 1. The summed E-state index contributed by atoms with van der Waals surface area (Å²) in [6.45, 7) is 3.57. The number of benzene rings is 1. The molecule has 2 aliphatic heterocycles. The zero-order valence-electron chi connectivity index (χ0n) is 14.7. The first kappa shape index (κ1) is 18.6. The van der Waals surface area contributed by atoms with Crippen LogP contribution in [-0.2, 0) is 9.53 Å². The number of amides is 3. The predicted octanol–water partition coefficient (Wildman–Crippen LogP) is 1.17. The molecule has 2 atom stereocenters. The molecule has 0 spiro atoms.